The zero-order valence-corrected chi connectivity index (χ0v) is 15.2. The number of hydrogen-bond acceptors (Lipinski definition) is 3. The molecule has 0 heterocycles. The van der Waals surface area contributed by atoms with Crippen LogP contribution in [0.5, 0.6) is 5.75 Å². The van der Waals surface area contributed by atoms with Crippen LogP contribution >= 0.6 is 31.9 Å². The van der Waals surface area contributed by atoms with Crippen LogP contribution in [0.25, 0.3) is 0 Å². The summed E-state index contributed by atoms with van der Waals surface area (Å²) in [5.74, 6) is 0.199. The molecule has 2 N–H and O–H groups in total. The van der Waals surface area contributed by atoms with Gasteiger partial charge in [0.1, 0.15) is 5.75 Å². The van der Waals surface area contributed by atoms with Gasteiger partial charge in [-0.25, -0.2) is 0 Å². The quantitative estimate of drug-likeness (QED) is 0.752. The number of halogens is 2. The standard InChI is InChI=1S/C16H15Br2NO3/c1-9(20)10-3-5-12(6-4-10)19-16(21)13-7-11(17)8-14(18)15(13)22-2/h3-9,20H,1-2H3,(H,19,21). The number of ether oxygens (including phenoxy) is 1. The smallest absolute Gasteiger partial charge is 0.259 e. The van der Waals surface area contributed by atoms with Gasteiger partial charge in [0.15, 0.2) is 0 Å². The van der Waals surface area contributed by atoms with E-state index < -0.39 is 6.10 Å². The van der Waals surface area contributed by atoms with Gasteiger partial charge in [0.05, 0.1) is 23.2 Å². The van der Waals surface area contributed by atoms with E-state index in [1.807, 2.05) is 6.07 Å². The summed E-state index contributed by atoms with van der Waals surface area (Å²) in [6, 6.07) is 10.6. The SMILES string of the molecule is COc1c(Br)cc(Br)cc1C(=O)Nc1ccc(C(C)O)cc1. The second-order valence-corrected chi connectivity index (χ2v) is 6.49. The van der Waals surface area contributed by atoms with Gasteiger partial charge in [-0.3, -0.25) is 4.79 Å². The van der Waals surface area contributed by atoms with Crippen molar-refractivity contribution in [1.29, 1.82) is 0 Å². The monoisotopic (exact) mass is 427 g/mol. The number of hydrogen-bond donors (Lipinski definition) is 2. The van der Waals surface area contributed by atoms with Crippen LogP contribution in [0.3, 0.4) is 0 Å². The van der Waals surface area contributed by atoms with Crippen LogP contribution in [0, 0.1) is 0 Å². The topological polar surface area (TPSA) is 58.6 Å². The molecule has 6 heteroatoms. The first kappa shape index (κ1) is 17.0. The maximum absolute atomic E-state index is 12.4. The summed E-state index contributed by atoms with van der Waals surface area (Å²) in [4.78, 5) is 12.4. The average Bonchev–Trinajstić information content (AvgIpc) is 2.47. The van der Waals surface area contributed by atoms with Gasteiger partial charge >= 0.3 is 0 Å². The van der Waals surface area contributed by atoms with Crippen molar-refractivity contribution in [1.82, 2.24) is 0 Å². The lowest BCUT2D eigenvalue weighted by Crippen LogP contribution is -2.13. The van der Waals surface area contributed by atoms with Crippen LogP contribution in [0.2, 0.25) is 0 Å². The Morgan fingerprint density at radius 3 is 2.41 bits per heavy atom. The average molecular weight is 429 g/mol. The van der Waals surface area contributed by atoms with Crippen molar-refractivity contribution in [2.24, 2.45) is 0 Å². The molecule has 0 aliphatic rings. The predicted molar refractivity (Wildman–Crippen MR) is 93.4 cm³/mol. The van der Waals surface area contributed by atoms with Crippen molar-refractivity contribution in [2.75, 3.05) is 12.4 Å². The minimum Gasteiger partial charge on any atom is -0.495 e. The largest absolute Gasteiger partial charge is 0.495 e. The van der Waals surface area contributed by atoms with E-state index in [1.165, 1.54) is 7.11 Å². The van der Waals surface area contributed by atoms with E-state index in [-0.39, 0.29) is 5.91 Å². The molecule has 2 rings (SSSR count). The highest BCUT2D eigenvalue weighted by molar-refractivity contribution is 9.11. The Hall–Kier alpha value is -1.37. The third-order valence-electron chi connectivity index (χ3n) is 3.11. The van der Waals surface area contributed by atoms with Crippen molar-refractivity contribution in [2.45, 2.75) is 13.0 Å². The van der Waals surface area contributed by atoms with E-state index in [1.54, 1.807) is 37.3 Å². The minimum absolute atomic E-state index is 0.274. The summed E-state index contributed by atoms with van der Waals surface area (Å²) in [6.45, 7) is 1.69. The molecule has 0 aromatic heterocycles. The lowest BCUT2D eigenvalue weighted by molar-refractivity contribution is 0.102. The number of carbonyl (C=O) groups is 1. The van der Waals surface area contributed by atoms with E-state index in [9.17, 15) is 9.90 Å². The number of aliphatic hydroxyl groups is 1. The lowest BCUT2D eigenvalue weighted by atomic mass is 10.1. The molecule has 0 fully saturated rings. The Labute approximate surface area is 145 Å². The zero-order chi connectivity index (χ0) is 16.3. The van der Waals surface area contributed by atoms with Crippen LogP contribution in [-0.2, 0) is 0 Å². The summed E-state index contributed by atoms with van der Waals surface area (Å²) in [7, 11) is 1.52. The van der Waals surface area contributed by atoms with Crippen molar-refractivity contribution in [3.8, 4) is 5.75 Å². The Balaban J connectivity index is 2.25. The molecule has 4 nitrogen and oxygen atoms in total. The molecule has 116 valence electrons. The van der Waals surface area contributed by atoms with Crippen molar-refractivity contribution in [3.05, 3.63) is 56.5 Å². The van der Waals surface area contributed by atoms with Crippen molar-refractivity contribution >= 4 is 43.5 Å². The maximum atomic E-state index is 12.4. The maximum Gasteiger partial charge on any atom is 0.259 e. The molecular formula is C16H15Br2NO3. The molecule has 0 bridgehead atoms. The van der Waals surface area contributed by atoms with Gasteiger partial charge in [-0.05, 0) is 52.7 Å². The Bertz CT molecular complexity index is 685. The fraction of sp³-hybridized carbons (Fsp3) is 0.188. The fourth-order valence-corrected chi connectivity index (χ4v) is 3.37. The van der Waals surface area contributed by atoms with E-state index in [0.29, 0.717) is 21.5 Å². The van der Waals surface area contributed by atoms with Gasteiger partial charge in [-0.1, -0.05) is 28.1 Å². The van der Waals surface area contributed by atoms with Crippen LogP contribution < -0.4 is 10.1 Å². The molecule has 0 radical (unpaired) electrons. The lowest BCUT2D eigenvalue weighted by Gasteiger charge is -2.12. The second-order valence-electron chi connectivity index (χ2n) is 4.72. The van der Waals surface area contributed by atoms with E-state index in [4.69, 9.17) is 4.74 Å². The van der Waals surface area contributed by atoms with Crippen LogP contribution in [0.1, 0.15) is 28.9 Å². The third kappa shape index (κ3) is 3.88. The molecule has 2 aromatic rings. The van der Waals surface area contributed by atoms with Gasteiger partial charge in [-0.2, -0.15) is 0 Å². The first-order valence-corrected chi connectivity index (χ1v) is 8.13. The molecule has 0 saturated heterocycles. The highest BCUT2D eigenvalue weighted by atomic mass is 79.9. The Morgan fingerprint density at radius 1 is 1.23 bits per heavy atom. The number of amides is 1. The van der Waals surface area contributed by atoms with E-state index in [2.05, 4.69) is 37.2 Å². The van der Waals surface area contributed by atoms with Gasteiger partial charge < -0.3 is 15.2 Å². The third-order valence-corrected chi connectivity index (χ3v) is 4.15. The summed E-state index contributed by atoms with van der Waals surface area (Å²) < 4.78 is 6.75. The molecule has 1 atom stereocenters. The van der Waals surface area contributed by atoms with Gasteiger partial charge in [0.2, 0.25) is 0 Å². The summed E-state index contributed by atoms with van der Waals surface area (Å²) in [5, 5.41) is 12.3. The number of benzene rings is 2. The predicted octanol–water partition coefficient (Wildman–Crippen LogP) is 4.53. The molecule has 0 saturated carbocycles. The van der Waals surface area contributed by atoms with Crippen molar-refractivity contribution < 1.29 is 14.6 Å². The van der Waals surface area contributed by atoms with Crippen LogP contribution in [-0.4, -0.2) is 18.1 Å². The molecule has 0 aliphatic carbocycles. The van der Waals surface area contributed by atoms with Gasteiger partial charge in [0.25, 0.3) is 5.91 Å². The summed E-state index contributed by atoms with van der Waals surface area (Å²) in [6.07, 6.45) is -0.536. The molecule has 1 amide bonds. The summed E-state index contributed by atoms with van der Waals surface area (Å²) >= 11 is 6.74. The van der Waals surface area contributed by atoms with Crippen LogP contribution in [0.15, 0.2) is 45.3 Å². The normalized spacial score (nSPS) is 11.9. The first-order chi connectivity index (χ1) is 10.4. The van der Waals surface area contributed by atoms with Gasteiger partial charge in [0, 0.05) is 10.2 Å². The number of anilines is 1. The highest BCUT2D eigenvalue weighted by Gasteiger charge is 2.16. The summed E-state index contributed by atoms with van der Waals surface area (Å²) in [5.41, 5.74) is 1.86. The van der Waals surface area contributed by atoms with E-state index in [0.717, 1.165) is 10.0 Å². The fourth-order valence-electron chi connectivity index (χ4n) is 1.98. The molecular weight excluding hydrogens is 414 g/mol. The molecule has 0 aliphatic heterocycles. The number of carbonyl (C=O) groups excluding carboxylic acids is 1. The number of nitrogens with one attached hydrogen (secondary N) is 1. The molecule has 22 heavy (non-hydrogen) atoms. The Kier molecular flexibility index (Phi) is 5.61. The van der Waals surface area contributed by atoms with Gasteiger partial charge in [-0.15, -0.1) is 0 Å². The van der Waals surface area contributed by atoms with Crippen molar-refractivity contribution in [3.63, 3.8) is 0 Å². The number of aliphatic hydroxyl groups excluding tert-OH is 1. The molecule has 2 aromatic carbocycles. The number of rotatable bonds is 4. The Morgan fingerprint density at radius 2 is 1.86 bits per heavy atom. The molecule has 0 spiro atoms. The first-order valence-electron chi connectivity index (χ1n) is 6.54. The zero-order valence-electron chi connectivity index (χ0n) is 12.1. The highest BCUT2D eigenvalue weighted by Crippen LogP contribution is 2.33. The van der Waals surface area contributed by atoms with E-state index >= 15 is 0 Å². The second kappa shape index (κ2) is 7.26. The van der Waals surface area contributed by atoms with Crippen LogP contribution in [0.4, 0.5) is 5.69 Å². The number of methoxy groups -OCH3 is 1. The minimum atomic E-state index is -0.536. The molecule has 1 unspecified atom stereocenters.